The lowest BCUT2D eigenvalue weighted by Gasteiger charge is -2.09. The zero-order valence-electron chi connectivity index (χ0n) is 11.3. The Balaban J connectivity index is 2.19. The summed E-state index contributed by atoms with van der Waals surface area (Å²) in [5.74, 6) is -1.80. The van der Waals surface area contributed by atoms with E-state index in [1.54, 1.807) is 30.0 Å². The Morgan fingerprint density at radius 2 is 2.14 bits per heavy atom. The van der Waals surface area contributed by atoms with Crippen molar-refractivity contribution in [1.29, 1.82) is 0 Å². The lowest BCUT2D eigenvalue weighted by Crippen LogP contribution is -2.20. The van der Waals surface area contributed by atoms with Crippen molar-refractivity contribution < 1.29 is 19.4 Å². The monoisotopic (exact) mass is 290 g/mol. The van der Waals surface area contributed by atoms with Crippen LogP contribution in [0.3, 0.4) is 0 Å². The van der Waals surface area contributed by atoms with Crippen molar-refractivity contribution in [3.8, 4) is 0 Å². The Morgan fingerprint density at radius 1 is 1.38 bits per heavy atom. The maximum Gasteiger partial charge on any atom is 0.358 e. The minimum absolute atomic E-state index is 0.0884. The molecule has 0 atom stereocenters. The van der Waals surface area contributed by atoms with Crippen LogP contribution in [0.15, 0.2) is 30.7 Å². The molecule has 2 rings (SSSR count). The predicted molar refractivity (Wildman–Crippen MR) is 73.3 cm³/mol. The first-order valence-electron chi connectivity index (χ1n) is 6.13. The van der Waals surface area contributed by atoms with Gasteiger partial charge in [0.05, 0.1) is 6.61 Å². The van der Waals surface area contributed by atoms with E-state index in [0.29, 0.717) is 18.8 Å². The molecule has 2 aromatic heterocycles. The van der Waals surface area contributed by atoms with E-state index in [4.69, 9.17) is 9.84 Å². The number of anilines is 1. The van der Waals surface area contributed by atoms with Gasteiger partial charge in [-0.15, -0.1) is 0 Å². The van der Waals surface area contributed by atoms with Crippen LogP contribution in [0.4, 0.5) is 5.82 Å². The van der Waals surface area contributed by atoms with Gasteiger partial charge in [-0.3, -0.25) is 4.79 Å². The molecule has 0 bridgehead atoms. The smallest absolute Gasteiger partial charge is 0.358 e. The Hall–Kier alpha value is -2.74. The standard InChI is InChI=1S/C13H14N4O4/c1-21-8-7-17-6-2-3-9(17)12(18)16-11-10(13(19)20)14-4-5-15-11/h2-6H,7-8H2,1H3,(H,19,20)(H,15,16,18). The summed E-state index contributed by atoms with van der Waals surface area (Å²) in [4.78, 5) is 30.7. The lowest BCUT2D eigenvalue weighted by atomic mass is 10.3. The summed E-state index contributed by atoms with van der Waals surface area (Å²) < 4.78 is 6.67. The maximum atomic E-state index is 12.2. The highest BCUT2D eigenvalue weighted by molar-refractivity contribution is 6.05. The van der Waals surface area contributed by atoms with Gasteiger partial charge >= 0.3 is 5.97 Å². The van der Waals surface area contributed by atoms with Gasteiger partial charge in [0.15, 0.2) is 11.5 Å². The molecule has 1 amide bonds. The summed E-state index contributed by atoms with van der Waals surface area (Å²) in [7, 11) is 1.57. The normalized spacial score (nSPS) is 10.3. The molecular weight excluding hydrogens is 276 g/mol. The fraction of sp³-hybridized carbons (Fsp3) is 0.231. The second-order valence-electron chi connectivity index (χ2n) is 4.09. The fourth-order valence-corrected chi connectivity index (χ4v) is 1.76. The third kappa shape index (κ3) is 3.42. The molecule has 2 N–H and O–H groups in total. The van der Waals surface area contributed by atoms with Gasteiger partial charge in [0.2, 0.25) is 0 Å². The molecule has 2 heterocycles. The molecule has 2 aromatic rings. The van der Waals surface area contributed by atoms with Crippen molar-refractivity contribution in [2.45, 2.75) is 6.54 Å². The maximum absolute atomic E-state index is 12.2. The van der Waals surface area contributed by atoms with Crippen LogP contribution in [0, 0.1) is 0 Å². The number of methoxy groups -OCH3 is 1. The first-order valence-corrected chi connectivity index (χ1v) is 6.13. The summed E-state index contributed by atoms with van der Waals surface area (Å²) in [5, 5.41) is 11.5. The largest absolute Gasteiger partial charge is 0.476 e. The lowest BCUT2D eigenvalue weighted by molar-refractivity contribution is 0.0691. The van der Waals surface area contributed by atoms with Crippen molar-refractivity contribution in [3.05, 3.63) is 42.1 Å². The van der Waals surface area contributed by atoms with Crippen molar-refractivity contribution in [3.63, 3.8) is 0 Å². The Bertz CT molecular complexity index is 653. The highest BCUT2D eigenvalue weighted by Gasteiger charge is 2.17. The zero-order valence-corrected chi connectivity index (χ0v) is 11.3. The summed E-state index contributed by atoms with van der Waals surface area (Å²) in [5.41, 5.74) is 0.0786. The molecule has 0 aromatic carbocycles. The number of aromatic nitrogens is 3. The van der Waals surface area contributed by atoms with E-state index in [0.717, 1.165) is 0 Å². The average Bonchev–Trinajstić information content (AvgIpc) is 2.94. The molecule has 8 heteroatoms. The van der Waals surface area contributed by atoms with Crippen molar-refractivity contribution >= 4 is 17.7 Å². The number of carbonyl (C=O) groups excluding carboxylic acids is 1. The SMILES string of the molecule is COCCn1cccc1C(=O)Nc1nccnc1C(=O)O. The van der Waals surface area contributed by atoms with Crippen LogP contribution in [0.5, 0.6) is 0 Å². The van der Waals surface area contributed by atoms with Crippen LogP contribution in [0.1, 0.15) is 21.0 Å². The second kappa shape index (κ2) is 6.62. The number of amides is 1. The van der Waals surface area contributed by atoms with Gasteiger partial charge < -0.3 is 19.7 Å². The fourth-order valence-electron chi connectivity index (χ4n) is 1.76. The Kier molecular flexibility index (Phi) is 4.62. The van der Waals surface area contributed by atoms with E-state index < -0.39 is 11.9 Å². The van der Waals surface area contributed by atoms with E-state index in [9.17, 15) is 9.59 Å². The highest BCUT2D eigenvalue weighted by atomic mass is 16.5. The van der Waals surface area contributed by atoms with Crippen LogP contribution >= 0.6 is 0 Å². The number of carbonyl (C=O) groups is 2. The number of hydrogen-bond acceptors (Lipinski definition) is 5. The summed E-state index contributed by atoms with van der Waals surface area (Å²) in [6, 6.07) is 3.35. The van der Waals surface area contributed by atoms with Gasteiger partial charge in [-0.2, -0.15) is 0 Å². The number of nitrogens with zero attached hydrogens (tertiary/aromatic N) is 3. The number of carboxylic acids is 1. The van der Waals surface area contributed by atoms with Crippen LogP contribution in [0.25, 0.3) is 0 Å². The minimum atomic E-state index is -1.26. The molecule has 0 radical (unpaired) electrons. The predicted octanol–water partition coefficient (Wildman–Crippen LogP) is 0.875. The van der Waals surface area contributed by atoms with Gasteiger partial charge in [0.1, 0.15) is 5.69 Å². The average molecular weight is 290 g/mol. The second-order valence-corrected chi connectivity index (χ2v) is 4.09. The summed E-state index contributed by atoms with van der Waals surface area (Å²) >= 11 is 0. The highest BCUT2D eigenvalue weighted by Crippen LogP contribution is 2.11. The van der Waals surface area contributed by atoms with Crippen LogP contribution in [-0.4, -0.2) is 45.2 Å². The van der Waals surface area contributed by atoms with Gasteiger partial charge in [0.25, 0.3) is 5.91 Å². The number of rotatable bonds is 6. The van der Waals surface area contributed by atoms with E-state index in [1.165, 1.54) is 12.4 Å². The molecule has 21 heavy (non-hydrogen) atoms. The number of aromatic carboxylic acids is 1. The first kappa shape index (κ1) is 14.7. The van der Waals surface area contributed by atoms with E-state index in [-0.39, 0.29) is 11.5 Å². The van der Waals surface area contributed by atoms with E-state index >= 15 is 0 Å². The first-order chi connectivity index (χ1) is 10.1. The van der Waals surface area contributed by atoms with Crippen LogP contribution < -0.4 is 5.32 Å². The molecule has 0 spiro atoms. The Morgan fingerprint density at radius 3 is 2.86 bits per heavy atom. The molecule has 0 unspecified atom stereocenters. The van der Waals surface area contributed by atoms with Gasteiger partial charge in [0, 0.05) is 32.2 Å². The van der Waals surface area contributed by atoms with Crippen molar-refractivity contribution in [2.24, 2.45) is 0 Å². The quantitative estimate of drug-likeness (QED) is 0.817. The molecule has 0 aliphatic rings. The molecule has 8 nitrogen and oxygen atoms in total. The topological polar surface area (TPSA) is 106 Å². The van der Waals surface area contributed by atoms with Crippen LogP contribution in [0.2, 0.25) is 0 Å². The molecule has 0 fully saturated rings. The molecule has 0 aliphatic heterocycles. The minimum Gasteiger partial charge on any atom is -0.476 e. The number of ether oxygens (including phenoxy) is 1. The zero-order chi connectivity index (χ0) is 15.2. The van der Waals surface area contributed by atoms with Crippen molar-refractivity contribution in [2.75, 3.05) is 19.0 Å². The molecule has 110 valence electrons. The summed E-state index contributed by atoms with van der Waals surface area (Å²) in [6.45, 7) is 0.971. The molecule has 0 saturated carbocycles. The van der Waals surface area contributed by atoms with Gasteiger partial charge in [-0.05, 0) is 12.1 Å². The van der Waals surface area contributed by atoms with Gasteiger partial charge in [-0.1, -0.05) is 0 Å². The van der Waals surface area contributed by atoms with Crippen molar-refractivity contribution in [1.82, 2.24) is 14.5 Å². The van der Waals surface area contributed by atoms with E-state index in [1.807, 2.05) is 0 Å². The molecular formula is C13H14N4O4. The van der Waals surface area contributed by atoms with Gasteiger partial charge in [-0.25, -0.2) is 14.8 Å². The molecule has 0 aliphatic carbocycles. The third-order valence-electron chi connectivity index (χ3n) is 2.73. The summed E-state index contributed by atoms with van der Waals surface area (Å²) in [6.07, 6.45) is 4.30. The number of carboxylic acid groups (broad SMARTS) is 1. The van der Waals surface area contributed by atoms with Crippen LogP contribution in [-0.2, 0) is 11.3 Å². The van der Waals surface area contributed by atoms with E-state index in [2.05, 4.69) is 15.3 Å². The number of nitrogens with one attached hydrogen (secondary N) is 1. The Labute approximate surface area is 120 Å². The molecule has 0 saturated heterocycles. The number of hydrogen-bond donors (Lipinski definition) is 2. The third-order valence-corrected chi connectivity index (χ3v) is 2.73.